The Labute approximate surface area is 155 Å². The Morgan fingerprint density at radius 1 is 1.23 bits per heavy atom. The minimum atomic E-state index is 0.0797. The van der Waals surface area contributed by atoms with Gasteiger partial charge in [0.2, 0.25) is 11.8 Å². The maximum Gasteiger partial charge on any atom is 0.242 e. The summed E-state index contributed by atoms with van der Waals surface area (Å²) in [6.07, 6.45) is 3.89. The second-order valence-electron chi connectivity index (χ2n) is 7.95. The number of nitrogens with zero attached hydrogens (tertiary/aromatic N) is 4. The van der Waals surface area contributed by atoms with Crippen LogP contribution in [-0.2, 0) is 9.59 Å². The van der Waals surface area contributed by atoms with Gasteiger partial charge in [-0.25, -0.2) is 0 Å². The van der Waals surface area contributed by atoms with Gasteiger partial charge in [-0.3, -0.25) is 14.7 Å². The van der Waals surface area contributed by atoms with Gasteiger partial charge in [0.1, 0.15) is 0 Å². The number of anilines is 1. The number of H-pyrrole nitrogens is 1. The summed E-state index contributed by atoms with van der Waals surface area (Å²) in [4.78, 5) is 31.1. The third-order valence-electron chi connectivity index (χ3n) is 5.62. The van der Waals surface area contributed by atoms with E-state index in [4.69, 9.17) is 0 Å². The van der Waals surface area contributed by atoms with Crippen molar-refractivity contribution in [2.24, 2.45) is 11.8 Å². The van der Waals surface area contributed by atoms with Crippen molar-refractivity contribution in [3.8, 4) is 0 Å². The molecule has 2 fully saturated rings. The Bertz CT molecular complexity index is 636. The molecule has 0 saturated carbocycles. The summed E-state index contributed by atoms with van der Waals surface area (Å²) in [6.45, 7) is 7.61. The smallest absolute Gasteiger partial charge is 0.242 e. The molecule has 2 aliphatic heterocycles. The van der Waals surface area contributed by atoms with E-state index in [1.165, 1.54) is 6.42 Å². The van der Waals surface area contributed by atoms with E-state index in [1.807, 2.05) is 34.7 Å². The zero-order valence-corrected chi connectivity index (χ0v) is 16.2. The number of piperidine rings is 2. The van der Waals surface area contributed by atoms with Gasteiger partial charge in [-0.1, -0.05) is 6.92 Å². The first-order valence-corrected chi connectivity index (χ1v) is 9.73. The molecule has 3 heterocycles. The maximum absolute atomic E-state index is 12.7. The number of carbonyl (C=O) groups excluding carboxylic acids is 2. The van der Waals surface area contributed by atoms with Crippen LogP contribution in [0, 0.1) is 18.8 Å². The van der Waals surface area contributed by atoms with Crippen molar-refractivity contribution >= 4 is 17.6 Å². The summed E-state index contributed by atoms with van der Waals surface area (Å²) in [5.74, 6) is 1.87. The predicted octanol–water partition coefficient (Wildman–Crippen LogP) is 1.65. The van der Waals surface area contributed by atoms with Crippen LogP contribution in [0.25, 0.3) is 0 Å². The van der Waals surface area contributed by atoms with Gasteiger partial charge >= 0.3 is 0 Å². The Hall–Kier alpha value is -2.05. The molecule has 1 atom stereocenters. The molecule has 0 bridgehead atoms. The maximum atomic E-state index is 12.7. The van der Waals surface area contributed by atoms with Crippen molar-refractivity contribution in [3.63, 3.8) is 0 Å². The monoisotopic (exact) mass is 361 g/mol. The van der Waals surface area contributed by atoms with Crippen molar-refractivity contribution in [1.82, 2.24) is 20.0 Å². The number of likely N-dealkylation sites (tertiary alicyclic amines) is 2. The van der Waals surface area contributed by atoms with Gasteiger partial charge in [-0.05, 0) is 38.5 Å². The van der Waals surface area contributed by atoms with E-state index < -0.39 is 0 Å². The van der Waals surface area contributed by atoms with Crippen LogP contribution < -0.4 is 4.90 Å². The first kappa shape index (κ1) is 18.7. The molecule has 7 heteroatoms. The lowest BCUT2D eigenvalue weighted by molar-refractivity contribution is -0.141. The van der Waals surface area contributed by atoms with E-state index in [-0.39, 0.29) is 11.8 Å². The highest BCUT2D eigenvalue weighted by atomic mass is 16.2. The van der Waals surface area contributed by atoms with Crippen LogP contribution in [0.3, 0.4) is 0 Å². The van der Waals surface area contributed by atoms with E-state index in [1.54, 1.807) is 0 Å². The minimum absolute atomic E-state index is 0.0797. The van der Waals surface area contributed by atoms with E-state index in [0.717, 1.165) is 43.9 Å². The molecule has 26 heavy (non-hydrogen) atoms. The molecule has 2 aliphatic rings. The first-order valence-electron chi connectivity index (χ1n) is 9.73. The number of rotatable bonds is 4. The van der Waals surface area contributed by atoms with Gasteiger partial charge in [0.05, 0.1) is 6.54 Å². The van der Waals surface area contributed by atoms with Crippen molar-refractivity contribution in [2.75, 3.05) is 44.7 Å². The van der Waals surface area contributed by atoms with Crippen LogP contribution in [0.2, 0.25) is 0 Å². The fourth-order valence-electron chi connectivity index (χ4n) is 4.01. The highest BCUT2D eigenvalue weighted by molar-refractivity contribution is 5.82. The van der Waals surface area contributed by atoms with E-state index in [9.17, 15) is 9.59 Å². The normalized spacial score (nSPS) is 21.7. The number of aromatic amines is 1. The quantitative estimate of drug-likeness (QED) is 0.885. The molecule has 1 aromatic heterocycles. The highest BCUT2D eigenvalue weighted by Gasteiger charge is 2.32. The SMILES string of the molecule is Cc1cc(N(C)CC(=O)N2CCC(C(=O)N3CCCC(C)C3)CC2)n[nH]1. The molecule has 144 valence electrons. The number of hydrogen-bond acceptors (Lipinski definition) is 4. The molecule has 0 spiro atoms. The molecule has 1 unspecified atom stereocenters. The Morgan fingerprint density at radius 3 is 2.58 bits per heavy atom. The number of amides is 2. The molecule has 0 aliphatic carbocycles. The van der Waals surface area contributed by atoms with Gasteiger partial charge in [0.15, 0.2) is 5.82 Å². The van der Waals surface area contributed by atoms with Crippen LogP contribution in [0.1, 0.15) is 38.3 Å². The van der Waals surface area contributed by atoms with Crippen LogP contribution in [0.15, 0.2) is 6.07 Å². The summed E-state index contributed by atoms with van der Waals surface area (Å²) < 4.78 is 0. The van der Waals surface area contributed by atoms with E-state index in [2.05, 4.69) is 17.1 Å². The Morgan fingerprint density at radius 2 is 1.96 bits per heavy atom. The molecular formula is C19H31N5O2. The molecule has 0 radical (unpaired) electrons. The van der Waals surface area contributed by atoms with Crippen LogP contribution >= 0.6 is 0 Å². The fraction of sp³-hybridized carbons (Fsp3) is 0.737. The first-order chi connectivity index (χ1) is 12.4. The number of nitrogens with one attached hydrogen (secondary N) is 1. The Balaban J connectivity index is 1.47. The van der Waals surface area contributed by atoms with Crippen molar-refractivity contribution in [2.45, 2.75) is 39.5 Å². The van der Waals surface area contributed by atoms with Crippen molar-refractivity contribution < 1.29 is 9.59 Å². The lowest BCUT2D eigenvalue weighted by Crippen LogP contribution is -2.48. The summed E-state index contributed by atoms with van der Waals surface area (Å²) in [7, 11) is 1.88. The topological polar surface area (TPSA) is 72.5 Å². The standard InChI is InChI=1S/C19H31N5O2/c1-14-5-4-8-24(12-14)19(26)16-6-9-23(10-7-16)18(25)13-22(3)17-11-15(2)20-21-17/h11,14,16H,4-10,12-13H2,1-3H3,(H,20,21). The summed E-state index contributed by atoms with van der Waals surface area (Å²) in [6, 6.07) is 1.93. The van der Waals surface area contributed by atoms with E-state index >= 15 is 0 Å². The lowest BCUT2D eigenvalue weighted by atomic mass is 9.92. The summed E-state index contributed by atoms with van der Waals surface area (Å²) in [5, 5.41) is 7.08. The molecule has 0 aromatic carbocycles. The lowest BCUT2D eigenvalue weighted by Gasteiger charge is -2.37. The molecule has 2 saturated heterocycles. The van der Waals surface area contributed by atoms with Gasteiger partial charge in [-0.15, -0.1) is 0 Å². The van der Waals surface area contributed by atoms with Crippen molar-refractivity contribution in [3.05, 3.63) is 11.8 Å². The third kappa shape index (κ3) is 4.37. The molecule has 1 N–H and O–H groups in total. The summed E-state index contributed by atoms with van der Waals surface area (Å²) in [5.41, 5.74) is 0.977. The zero-order valence-electron chi connectivity index (χ0n) is 16.2. The van der Waals surface area contributed by atoms with Gasteiger partial charge < -0.3 is 14.7 Å². The minimum Gasteiger partial charge on any atom is -0.349 e. The largest absolute Gasteiger partial charge is 0.349 e. The second-order valence-corrected chi connectivity index (χ2v) is 7.95. The number of likely N-dealkylation sites (N-methyl/N-ethyl adjacent to an activating group) is 1. The average Bonchev–Trinajstić information content (AvgIpc) is 3.08. The van der Waals surface area contributed by atoms with Crippen molar-refractivity contribution in [1.29, 1.82) is 0 Å². The van der Waals surface area contributed by atoms with Gasteiger partial charge in [0, 0.05) is 50.9 Å². The number of carbonyl (C=O) groups is 2. The van der Waals surface area contributed by atoms with E-state index in [0.29, 0.717) is 31.5 Å². The highest BCUT2D eigenvalue weighted by Crippen LogP contribution is 2.24. The zero-order chi connectivity index (χ0) is 18.7. The van der Waals surface area contributed by atoms with Gasteiger partial charge in [-0.2, -0.15) is 5.10 Å². The molecule has 1 aromatic rings. The molecule has 2 amide bonds. The number of hydrogen-bond donors (Lipinski definition) is 1. The van der Waals surface area contributed by atoms with Crippen LogP contribution in [-0.4, -0.2) is 71.6 Å². The van der Waals surface area contributed by atoms with Crippen LogP contribution in [0.4, 0.5) is 5.82 Å². The Kier molecular flexibility index (Phi) is 5.84. The molecule has 7 nitrogen and oxygen atoms in total. The number of aryl methyl sites for hydroxylation is 1. The number of aromatic nitrogens is 2. The third-order valence-corrected chi connectivity index (χ3v) is 5.62. The van der Waals surface area contributed by atoms with Gasteiger partial charge in [0.25, 0.3) is 0 Å². The predicted molar refractivity (Wildman–Crippen MR) is 101 cm³/mol. The second kappa shape index (κ2) is 8.10. The van der Waals surface area contributed by atoms with Crippen LogP contribution in [0.5, 0.6) is 0 Å². The summed E-state index contributed by atoms with van der Waals surface area (Å²) >= 11 is 0. The average molecular weight is 361 g/mol. The molecule has 3 rings (SSSR count). The fourth-order valence-corrected chi connectivity index (χ4v) is 4.01. The molecular weight excluding hydrogens is 330 g/mol.